The number of aryl methyl sites for hydroxylation is 2. The quantitative estimate of drug-likeness (QED) is 0.691. The van der Waals surface area contributed by atoms with Gasteiger partial charge in [0.25, 0.3) is 0 Å². The molecule has 0 aliphatic carbocycles. The van der Waals surface area contributed by atoms with Crippen LogP contribution >= 0.6 is 0 Å². The molecule has 2 aromatic carbocycles. The monoisotopic (exact) mass is 280 g/mol. The SMILES string of the molecule is CCc1ccc(CC)c(C(=O)c2ccc(C(C)C)cc2)c1. The highest BCUT2D eigenvalue weighted by molar-refractivity contribution is 6.10. The van der Waals surface area contributed by atoms with Crippen molar-refractivity contribution in [2.24, 2.45) is 0 Å². The van der Waals surface area contributed by atoms with Gasteiger partial charge in [-0.1, -0.05) is 64.1 Å². The summed E-state index contributed by atoms with van der Waals surface area (Å²) in [4.78, 5) is 12.8. The standard InChI is InChI=1S/C20H24O/c1-5-15-7-8-16(6-2)19(13-15)20(21)18-11-9-17(10-12-18)14(3)4/h7-14H,5-6H2,1-4H3. The Labute approximate surface area is 128 Å². The van der Waals surface area contributed by atoms with Crippen LogP contribution in [0.1, 0.15) is 66.2 Å². The van der Waals surface area contributed by atoms with E-state index in [1.54, 1.807) is 0 Å². The first-order valence-electron chi connectivity index (χ1n) is 7.83. The molecule has 2 aromatic rings. The third kappa shape index (κ3) is 3.41. The van der Waals surface area contributed by atoms with Crippen LogP contribution in [-0.2, 0) is 12.8 Å². The van der Waals surface area contributed by atoms with E-state index in [0.717, 1.165) is 29.5 Å². The molecular formula is C20H24O. The lowest BCUT2D eigenvalue weighted by Gasteiger charge is -2.10. The van der Waals surface area contributed by atoms with Gasteiger partial charge in [-0.3, -0.25) is 4.79 Å². The number of rotatable bonds is 5. The maximum absolute atomic E-state index is 12.8. The summed E-state index contributed by atoms with van der Waals surface area (Å²) in [6, 6.07) is 14.3. The van der Waals surface area contributed by atoms with Gasteiger partial charge in [0.15, 0.2) is 5.78 Å². The number of ketones is 1. The third-order valence-electron chi connectivity index (χ3n) is 4.05. The van der Waals surface area contributed by atoms with Gasteiger partial charge in [0.1, 0.15) is 0 Å². The highest BCUT2D eigenvalue weighted by Gasteiger charge is 2.13. The summed E-state index contributed by atoms with van der Waals surface area (Å²) in [5.74, 6) is 0.626. The molecule has 0 aliphatic heterocycles. The van der Waals surface area contributed by atoms with Gasteiger partial charge in [0, 0.05) is 11.1 Å². The number of hydrogen-bond donors (Lipinski definition) is 0. The Balaban J connectivity index is 2.39. The normalized spacial score (nSPS) is 10.9. The minimum atomic E-state index is 0.137. The van der Waals surface area contributed by atoms with Gasteiger partial charge >= 0.3 is 0 Å². The molecule has 110 valence electrons. The van der Waals surface area contributed by atoms with Gasteiger partial charge in [-0.15, -0.1) is 0 Å². The Kier molecular flexibility index (Phi) is 4.95. The van der Waals surface area contributed by atoms with Crippen LogP contribution in [0.3, 0.4) is 0 Å². The predicted octanol–water partition coefficient (Wildman–Crippen LogP) is 5.17. The van der Waals surface area contributed by atoms with Crippen LogP contribution in [0.2, 0.25) is 0 Å². The largest absolute Gasteiger partial charge is 0.289 e. The molecule has 0 N–H and O–H groups in total. The molecule has 0 spiro atoms. The van der Waals surface area contributed by atoms with Crippen molar-refractivity contribution in [3.8, 4) is 0 Å². The summed E-state index contributed by atoms with van der Waals surface area (Å²) >= 11 is 0. The second-order valence-electron chi connectivity index (χ2n) is 5.80. The number of carbonyl (C=O) groups excluding carboxylic acids is 1. The maximum Gasteiger partial charge on any atom is 0.193 e. The van der Waals surface area contributed by atoms with Crippen molar-refractivity contribution in [1.82, 2.24) is 0 Å². The van der Waals surface area contributed by atoms with Crippen molar-refractivity contribution in [1.29, 1.82) is 0 Å². The van der Waals surface area contributed by atoms with Crippen molar-refractivity contribution in [3.63, 3.8) is 0 Å². The molecule has 0 unspecified atom stereocenters. The average molecular weight is 280 g/mol. The topological polar surface area (TPSA) is 17.1 Å². The molecule has 0 bridgehead atoms. The lowest BCUT2D eigenvalue weighted by atomic mass is 9.93. The zero-order valence-electron chi connectivity index (χ0n) is 13.4. The molecule has 0 heterocycles. The lowest BCUT2D eigenvalue weighted by molar-refractivity contribution is 0.103. The second kappa shape index (κ2) is 6.71. The molecule has 0 fully saturated rings. The third-order valence-corrected chi connectivity index (χ3v) is 4.05. The zero-order chi connectivity index (χ0) is 15.4. The van der Waals surface area contributed by atoms with Crippen LogP contribution < -0.4 is 0 Å². The van der Waals surface area contributed by atoms with E-state index in [1.165, 1.54) is 11.1 Å². The van der Waals surface area contributed by atoms with Gasteiger partial charge in [-0.25, -0.2) is 0 Å². The predicted molar refractivity (Wildman–Crippen MR) is 89.2 cm³/mol. The number of carbonyl (C=O) groups is 1. The molecule has 0 atom stereocenters. The first kappa shape index (κ1) is 15.5. The summed E-state index contributed by atoms with van der Waals surface area (Å²) in [6.45, 7) is 8.54. The molecule has 0 aromatic heterocycles. The van der Waals surface area contributed by atoms with E-state index in [4.69, 9.17) is 0 Å². The van der Waals surface area contributed by atoms with Crippen LogP contribution in [-0.4, -0.2) is 5.78 Å². The van der Waals surface area contributed by atoms with E-state index < -0.39 is 0 Å². The van der Waals surface area contributed by atoms with Gasteiger partial charge in [0.2, 0.25) is 0 Å². The van der Waals surface area contributed by atoms with Crippen molar-refractivity contribution < 1.29 is 4.79 Å². The van der Waals surface area contributed by atoms with E-state index in [-0.39, 0.29) is 5.78 Å². The van der Waals surface area contributed by atoms with Gasteiger partial charge in [0.05, 0.1) is 0 Å². The van der Waals surface area contributed by atoms with Crippen LogP contribution in [0.5, 0.6) is 0 Å². The van der Waals surface area contributed by atoms with Crippen LogP contribution in [0.15, 0.2) is 42.5 Å². The summed E-state index contributed by atoms with van der Waals surface area (Å²) < 4.78 is 0. The molecule has 0 aliphatic rings. The molecule has 0 radical (unpaired) electrons. The summed E-state index contributed by atoms with van der Waals surface area (Å²) in [5, 5.41) is 0. The summed E-state index contributed by atoms with van der Waals surface area (Å²) in [6.07, 6.45) is 1.84. The van der Waals surface area contributed by atoms with E-state index in [2.05, 4.69) is 58.0 Å². The smallest absolute Gasteiger partial charge is 0.193 e. The van der Waals surface area contributed by atoms with E-state index >= 15 is 0 Å². The lowest BCUT2D eigenvalue weighted by Crippen LogP contribution is -2.06. The van der Waals surface area contributed by atoms with Crippen LogP contribution in [0.25, 0.3) is 0 Å². The van der Waals surface area contributed by atoms with Gasteiger partial charge in [-0.05, 0) is 41.5 Å². The highest BCUT2D eigenvalue weighted by atomic mass is 16.1. The minimum Gasteiger partial charge on any atom is -0.289 e. The van der Waals surface area contributed by atoms with E-state index in [9.17, 15) is 4.79 Å². The van der Waals surface area contributed by atoms with Crippen LogP contribution in [0.4, 0.5) is 0 Å². The van der Waals surface area contributed by atoms with Gasteiger partial charge in [-0.2, -0.15) is 0 Å². The fraction of sp³-hybridized carbons (Fsp3) is 0.350. The molecule has 1 heteroatoms. The molecule has 0 saturated carbocycles. The Bertz CT molecular complexity index is 621. The minimum absolute atomic E-state index is 0.137. The number of benzene rings is 2. The Morgan fingerprint density at radius 2 is 1.62 bits per heavy atom. The summed E-state index contributed by atoms with van der Waals surface area (Å²) in [5.41, 5.74) is 5.25. The fourth-order valence-corrected chi connectivity index (χ4v) is 2.54. The summed E-state index contributed by atoms with van der Waals surface area (Å²) in [7, 11) is 0. The Hall–Kier alpha value is -1.89. The van der Waals surface area contributed by atoms with Crippen molar-refractivity contribution in [2.75, 3.05) is 0 Å². The molecule has 0 saturated heterocycles. The first-order valence-corrected chi connectivity index (χ1v) is 7.83. The molecular weight excluding hydrogens is 256 g/mol. The molecule has 21 heavy (non-hydrogen) atoms. The highest BCUT2D eigenvalue weighted by Crippen LogP contribution is 2.20. The van der Waals surface area contributed by atoms with Crippen LogP contribution in [0, 0.1) is 0 Å². The average Bonchev–Trinajstić information content (AvgIpc) is 2.53. The van der Waals surface area contributed by atoms with E-state index in [0.29, 0.717) is 5.92 Å². The fourth-order valence-electron chi connectivity index (χ4n) is 2.54. The van der Waals surface area contributed by atoms with E-state index in [1.807, 2.05) is 12.1 Å². The maximum atomic E-state index is 12.8. The second-order valence-corrected chi connectivity index (χ2v) is 5.80. The zero-order valence-corrected chi connectivity index (χ0v) is 13.4. The Morgan fingerprint density at radius 3 is 2.14 bits per heavy atom. The first-order chi connectivity index (χ1) is 10.1. The molecule has 1 nitrogen and oxygen atoms in total. The van der Waals surface area contributed by atoms with Crippen molar-refractivity contribution in [3.05, 3.63) is 70.3 Å². The van der Waals surface area contributed by atoms with Gasteiger partial charge < -0.3 is 0 Å². The van der Waals surface area contributed by atoms with Crippen molar-refractivity contribution in [2.45, 2.75) is 46.5 Å². The van der Waals surface area contributed by atoms with Crippen molar-refractivity contribution >= 4 is 5.78 Å². The Morgan fingerprint density at radius 1 is 0.952 bits per heavy atom. The molecule has 0 amide bonds. The molecule has 2 rings (SSSR count). The number of hydrogen-bond acceptors (Lipinski definition) is 1.